The molecule has 0 fully saturated rings. The molecule has 98 valence electrons. The number of nitrogens with zero attached hydrogens (tertiary/aromatic N) is 1. The fourth-order valence-corrected chi connectivity index (χ4v) is 2.27. The molecule has 1 heterocycles. The summed E-state index contributed by atoms with van der Waals surface area (Å²) in [4.78, 5) is 4.65. The molecule has 3 aromatic rings. The van der Waals surface area contributed by atoms with Gasteiger partial charge in [0, 0.05) is 16.8 Å². The zero-order valence-electron chi connectivity index (χ0n) is 11.2. The Morgan fingerprint density at radius 2 is 1.45 bits per heavy atom. The lowest BCUT2D eigenvalue weighted by molar-refractivity contribution is 0.628. The molecular weight excluding hydrogens is 249 g/mol. The molecule has 0 N–H and O–H groups in total. The molecule has 2 aromatic carbocycles. The standard InChI is InChI=1S/C18H14FN/c1-13-17(14-7-9-16(19)10-8-14)11-12-18(20-13)15-5-3-2-4-6-15/h2-12H,1H3. The average Bonchev–Trinajstić information content (AvgIpc) is 2.49. The monoisotopic (exact) mass is 263 g/mol. The van der Waals surface area contributed by atoms with Crippen molar-refractivity contribution in [1.29, 1.82) is 0 Å². The first-order chi connectivity index (χ1) is 9.74. The van der Waals surface area contributed by atoms with E-state index in [9.17, 15) is 4.39 Å². The molecule has 0 aliphatic carbocycles. The van der Waals surface area contributed by atoms with E-state index in [4.69, 9.17) is 0 Å². The Hall–Kier alpha value is -2.48. The molecule has 0 aliphatic rings. The first kappa shape index (κ1) is 12.5. The maximum absolute atomic E-state index is 13.0. The van der Waals surface area contributed by atoms with Crippen LogP contribution in [0.15, 0.2) is 66.7 Å². The van der Waals surface area contributed by atoms with Crippen LogP contribution >= 0.6 is 0 Å². The van der Waals surface area contributed by atoms with Crippen LogP contribution in [0.4, 0.5) is 4.39 Å². The van der Waals surface area contributed by atoms with Gasteiger partial charge in [-0.25, -0.2) is 4.39 Å². The third kappa shape index (κ3) is 2.45. The topological polar surface area (TPSA) is 12.9 Å². The van der Waals surface area contributed by atoms with Crippen molar-refractivity contribution in [3.63, 3.8) is 0 Å². The van der Waals surface area contributed by atoms with E-state index >= 15 is 0 Å². The number of hydrogen-bond donors (Lipinski definition) is 0. The largest absolute Gasteiger partial charge is 0.252 e. The normalized spacial score (nSPS) is 10.5. The van der Waals surface area contributed by atoms with E-state index in [0.29, 0.717) is 0 Å². The SMILES string of the molecule is Cc1nc(-c2ccccc2)ccc1-c1ccc(F)cc1. The minimum absolute atomic E-state index is 0.222. The van der Waals surface area contributed by atoms with Gasteiger partial charge in [0.05, 0.1) is 5.69 Å². The van der Waals surface area contributed by atoms with Gasteiger partial charge in [0.25, 0.3) is 0 Å². The van der Waals surface area contributed by atoms with Crippen LogP contribution in [0.1, 0.15) is 5.69 Å². The highest BCUT2D eigenvalue weighted by molar-refractivity contribution is 5.69. The Balaban J connectivity index is 2.02. The Labute approximate surface area is 117 Å². The second kappa shape index (κ2) is 5.25. The van der Waals surface area contributed by atoms with Gasteiger partial charge in [-0.2, -0.15) is 0 Å². The molecule has 0 unspecified atom stereocenters. The van der Waals surface area contributed by atoms with Gasteiger partial charge in [0.1, 0.15) is 5.82 Å². The highest BCUT2D eigenvalue weighted by atomic mass is 19.1. The first-order valence-corrected chi connectivity index (χ1v) is 6.53. The second-order valence-electron chi connectivity index (χ2n) is 4.70. The lowest BCUT2D eigenvalue weighted by Gasteiger charge is -2.08. The Bertz CT molecular complexity index is 718. The van der Waals surface area contributed by atoms with E-state index in [0.717, 1.165) is 28.1 Å². The summed E-state index contributed by atoms with van der Waals surface area (Å²) >= 11 is 0. The van der Waals surface area contributed by atoms with Crippen molar-refractivity contribution < 1.29 is 4.39 Å². The highest BCUT2D eigenvalue weighted by Crippen LogP contribution is 2.25. The van der Waals surface area contributed by atoms with Gasteiger partial charge in [0.2, 0.25) is 0 Å². The minimum atomic E-state index is -0.222. The summed E-state index contributed by atoms with van der Waals surface area (Å²) in [6.07, 6.45) is 0. The van der Waals surface area contributed by atoms with Crippen LogP contribution in [0, 0.1) is 12.7 Å². The molecule has 0 atom stereocenters. The fraction of sp³-hybridized carbons (Fsp3) is 0.0556. The highest BCUT2D eigenvalue weighted by Gasteiger charge is 2.06. The smallest absolute Gasteiger partial charge is 0.123 e. The maximum Gasteiger partial charge on any atom is 0.123 e. The zero-order valence-corrected chi connectivity index (χ0v) is 11.2. The van der Waals surface area contributed by atoms with Crippen LogP contribution < -0.4 is 0 Å². The summed E-state index contributed by atoms with van der Waals surface area (Å²) < 4.78 is 13.0. The summed E-state index contributed by atoms with van der Waals surface area (Å²) in [5, 5.41) is 0. The lowest BCUT2D eigenvalue weighted by atomic mass is 10.0. The van der Waals surface area contributed by atoms with E-state index < -0.39 is 0 Å². The molecule has 0 saturated carbocycles. The minimum Gasteiger partial charge on any atom is -0.252 e. The van der Waals surface area contributed by atoms with E-state index in [-0.39, 0.29) is 5.82 Å². The molecule has 0 bridgehead atoms. The molecule has 1 nitrogen and oxygen atoms in total. The molecule has 20 heavy (non-hydrogen) atoms. The van der Waals surface area contributed by atoms with Gasteiger partial charge in [-0.05, 0) is 30.7 Å². The predicted octanol–water partition coefficient (Wildman–Crippen LogP) is 4.86. The van der Waals surface area contributed by atoms with Crippen LogP contribution in [-0.4, -0.2) is 4.98 Å². The average molecular weight is 263 g/mol. The second-order valence-corrected chi connectivity index (χ2v) is 4.70. The third-order valence-electron chi connectivity index (χ3n) is 3.31. The maximum atomic E-state index is 13.0. The summed E-state index contributed by atoms with van der Waals surface area (Å²) in [6, 6.07) is 20.6. The van der Waals surface area contributed by atoms with Crippen molar-refractivity contribution in [2.24, 2.45) is 0 Å². The van der Waals surface area contributed by atoms with Gasteiger partial charge in [-0.15, -0.1) is 0 Å². The summed E-state index contributed by atoms with van der Waals surface area (Å²) in [5.74, 6) is -0.222. The van der Waals surface area contributed by atoms with E-state index in [2.05, 4.69) is 4.98 Å². The number of halogens is 1. The van der Waals surface area contributed by atoms with E-state index in [1.807, 2.05) is 49.4 Å². The van der Waals surface area contributed by atoms with Crippen molar-refractivity contribution in [2.45, 2.75) is 6.92 Å². The molecule has 0 amide bonds. The van der Waals surface area contributed by atoms with Crippen LogP contribution in [0.3, 0.4) is 0 Å². The predicted molar refractivity (Wildman–Crippen MR) is 79.8 cm³/mol. The Morgan fingerprint density at radius 1 is 0.750 bits per heavy atom. The Morgan fingerprint density at radius 3 is 2.10 bits per heavy atom. The summed E-state index contributed by atoms with van der Waals surface area (Å²) in [5.41, 5.74) is 5.01. The molecular formula is C18H14FN. The molecule has 0 saturated heterocycles. The van der Waals surface area contributed by atoms with Crippen molar-refractivity contribution in [1.82, 2.24) is 4.98 Å². The number of rotatable bonds is 2. The third-order valence-corrected chi connectivity index (χ3v) is 3.31. The van der Waals surface area contributed by atoms with E-state index in [1.165, 1.54) is 12.1 Å². The number of hydrogen-bond acceptors (Lipinski definition) is 1. The molecule has 0 spiro atoms. The summed E-state index contributed by atoms with van der Waals surface area (Å²) in [6.45, 7) is 1.98. The van der Waals surface area contributed by atoms with Gasteiger partial charge in [-0.3, -0.25) is 4.98 Å². The first-order valence-electron chi connectivity index (χ1n) is 6.53. The van der Waals surface area contributed by atoms with E-state index in [1.54, 1.807) is 12.1 Å². The zero-order chi connectivity index (χ0) is 13.9. The van der Waals surface area contributed by atoms with Crippen molar-refractivity contribution in [2.75, 3.05) is 0 Å². The number of aryl methyl sites for hydroxylation is 1. The number of benzene rings is 2. The van der Waals surface area contributed by atoms with Crippen LogP contribution in [0.2, 0.25) is 0 Å². The lowest BCUT2D eigenvalue weighted by Crippen LogP contribution is -1.91. The van der Waals surface area contributed by atoms with Gasteiger partial charge >= 0.3 is 0 Å². The van der Waals surface area contributed by atoms with Gasteiger partial charge in [-0.1, -0.05) is 48.5 Å². The number of aromatic nitrogens is 1. The fourth-order valence-electron chi connectivity index (χ4n) is 2.27. The van der Waals surface area contributed by atoms with Crippen LogP contribution in [0.5, 0.6) is 0 Å². The summed E-state index contributed by atoms with van der Waals surface area (Å²) in [7, 11) is 0. The van der Waals surface area contributed by atoms with Crippen LogP contribution in [0.25, 0.3) is 22.4 Å². The molecule has 3 rings (SSSR count). The van der Waals surface area contributed by atoms with Crippen molar-refractivity contribution in [3.05, 3.63) is 78.2 Å². The van der Waals surface area contributed by atoms with Gasteiger partial charge < -0.3 is 0 Å². The molecule has 1 aromatic heterocycles. The van der Waals surface area contributed by atoms with Gasteiger partial charge in [0.15, 0.2) is 0 Å². The molecule has 2 heteroatoms. The molecule has 0 aliphatic heterocycles. The molecule has 0 radical (unpaired) electrons. The number of pyridine rings is 1. The van der Waals surface area contributed by atoms with Crippen molar-refractivity contribution in [3.8, 4) is 22.4 Å². The van der Waals surface area contributed by atoms with Crippen molar-refractivity contribution >= 4 is 0 Å². The van der Waals surface area contributed by atoms with Crippen LogP contribution in [-0.2, 0) is 0 Å². The Kier molecular flexibility index (Phi) is 3.30. The quantitative estimate of drug-likeness (QED) is 0.643.